The number of benzene rings is 1. The summed E-state index contributed by atoms with van der Waals surface area (Å²) in [7, 11) is 0. The number of fused-ring (bicyclic) bond motifs is 1. The van der Waals surface area contributed by atoms with Gasteiger partial charge in [0.25, 0.3) is 5.91 Å². The molecule has 3 nitrogen and oxygen atoms in total. The number of thiazole rings is 1. The number of carbonyl (C=O) groups is 1. The molecule has 1 aromatic heterocycles. The van der Waals surface area contributed by atoms with E-state index in [0.717, 1.165) is 46.7 Å². The Labute approximate surface area is 104 Å². The van der Waals surface area contributed by atoms with E-state index in [1.165, 1.54) is 0 Å². The number of amides is 1. The molecule has 2 aromatic rings. The van der Waals surface area contributed by atoms with Crippen molar-refractivity contribution in [3.63, 3.8) is 0 Å². The van der Waals surface area contributed by atoms with Crippen molar-refractivity contribution in [3.05, 3.63) is 28.8 Å². The molecule has 1 aliphatic rings. The summed E-state index contributed by atoms with van der Waals surface area (Å²) >= 11 is 1.67. The van der Waals surface area contributed by atoms with Gasteiger partial charge >= 0.3 is 0 Å². The molecule has 3 rings (SSSR count). The second-order valence-corrected chi connectivity index (χ2v) is 5.65. The van der Waals surface area contributed by atoms with Crippen molar-refractivity contribution in [1.29, 1.82) is 0 Å². The molecule has 1 fully saturated rings. The van der Waals surface area contributed by atoms with E-state index in [2.05, 4.69) is 4.98 Å². The Bertz CT molecular complexity index is 570. The van der Waals surface area contributed by atoms with Crippen LogP contribution in [0.25, 0.3) is 10.2 Å². The molecule has 1 saturated heterocycles. The van der Waals surface area contributed by atoms with E-state index in [0.29, 0.717) is 0 Å². The number of hydrogen-bond donors (Lipinski definition) is 0. The van der Waals surface area contributed by atoms with Crippen molar-refractivity contribution in [3.8, 4) is 0 Å². The normalized spacial score (nSPS) is 15.7. The molecule has 0 aliphatic carbocycles. The average Bonchev–Trinajstić information content (AvgIpc) is 2.94. The summed E-state index contributed by atoms with van der Waals surface area (Å²) in [6, 6.07) is 5.84. The maximum Gasteiger partial charge on any atom is 0.253 e. The summed E-state index contributed by atoms with van der Waals surface area (Å²) in [5.74, 6) is 0.148. The highest BCUT2D eigenvalue weighted by atomic mass is 32.1. The summed E-state index contributed by atoms with van der Waals surface area (Å²) in [5, 5.41) is 1.05. The van der Waals surface area contributed by atoms with E-state index < -0.39 is 0 Å². The molecule has 0 saturated carbocycles. The van der Waals surface area contributed by atoms with Crippen LogP contribution in [0.5, 0.6) is 0 Å². The molecule has 2 heterocycles. The number of hydrogen-bond acceptors (Lipinski definition) is 3. The van der Waals surface area contributed by atoms with Gasteiger partial charge in [0, 0.05) is 18.7 Å². The Kier molecular flexibility index (Phi) is 2.59. The van der Waals surface area contributed by atoms with E-state index >= 15 is 0 Å². The number of aryl methyl sites for hydroxylation is 1. The van der Waals surface area contributed by atoms with Gasteiger partial charge in [-0.25, -0.2) is 4.98 Å². The summed E-state index contributed by atoms with van der Waals surface area (Å²) in [5.41, 5.74) is 1.71. The van der Waals surface area contributed by atoms with Crippen LogP contribution in [-0.4, -0.2) is 28.9 Å². The van der Waals surface area contributed by atoms with Crippen molar-refractivity contribution in [2.45, 2.75) is 19.8 Å². The molecule has 88 valence electrons. The highest BCUT2D eigenvalue weighted by molar-refractivity contribution is 7.18. The van der Waals surface area contributed by atoms with Crippen LogP contribution in [0.4, 0.5) is 0 Å². The Balaban J connectivity index is 1.96. The number of carbonyl (C=O) groups excluding carboxylic acids is 1. The highest BCUT2D eigenvalue weighted by Crippen LogP contribution is 2.23. The zero-order valence-corrected chi connectivity index (χ0v) is 10.6. The highest BCUT2D eigenvalue weighted by Gasteiger charge is 2.19. The first-order valence-electron chi connectivity index (χ1n) is 5.90. The van der Waals surface area contributed by atoms with Crippen molar-refractivity contribution in [2.75, 3.05) is 13.1 Å². The summed E-state index contributed by atoms with van der Waals surface area (Å²) in [6.45, 7) is 3.78. The van der Waals surface area contributed by atoms with Crippen molar-refractivity contribution in [1.82, 2.24) is 9.88 Å². The fraction of sp³-hybridized carbons (Fsp3) is 0.385. The standard InChI is InChI=1S/C13H14N2OS/c1-9-14-11-8-10(4-5-12(11)17-9)13(16)15-6-2-3-7-15/h4-5,8H,2-3,6-7H2,1H3. The van der Waals surface area contributed by atoms with Crippen LogP contribution in [0.3, 0.4) is 0 Å². The molecule has 0 radical (unpaired) electrons. The molecule has 0 spiro atoms. The van der Waals surface area contributed by atoms with Crippen LogP contribution in [0.15, 0.2) is 18.2 Å². The van der Waals surface area contributed by atoms with Gasteiger partial charge in [0.1, 0.15) is 0 Å². The molecule has 1 aromatic carbocycles. The second kappa shape index (κ2) is 4.11. The number of likely N-dealkylation sites (tertiary alicyclic amines) is 1. The van der Waals surface area contributed by atoms with Gasteiger partial charge in [-0.15, -0.1) is 11.3 Å². The zero-order valence-electron chi connectivity index (χ0n) is 9.77. The zero-order chi connectivity index (χ0) is 11.8. The fourth-order valence-corrected chi connectivity index (χ4v) is 3.09. The van der Waals surface area contributed by atoms with Gasteiger partial charge < -0.3 is 4.90 Å². The van der Waals surface area contributed by atoms with Gasteiger partial charge in [0.2, 0.25) is 0 Å². The van der Waals surface area contributed by atoms with Crippen LogP contribution in [-0.2, 0) is 0 Å². The third kappa shape index (κ3) is 1.93. The largest absolute Gasteiger partial charge is 0.339 e. The SMILES string of the molecule is Cc1nc2cc(C(=O)N3CCCC3)ccc2s1. The summed E-state index contributed by atoms with van der Waals surface area (Å²) in [6.07, 6.45) is 2.26. The number of aromatic nitrogens is 1. The Morgan fingerprint density at radius 3 is 2.88 bits per heavy atom. The van der Waals surface area contributed by atoms with Gasteiger partial charge in [-0.3, -0.25) is 4.79 Å². The number of rotatable bonds is 1. The Morgan fingerprint density at radius 1 is 1.35 bits per heavy atom. The lowest BCUT2D eigenvalue weighted by Gasteiger charge is -2.14. The van der Waals surface area contributed by atoms with Crippen LogP contribution >= 0.6 is 11.3 Å². The minimum atomic E-state index is 0.148. The van der Waals surface area contributed by atoms with E-state index in [1.807, 2.05) is 30.0 Å². The predicted molar refractivity (Wildman–Crippen MR) is 69.5 cm³/mol. The van der Waals surface area contributed by atoms with E-state index in [9.17, 15) is 4.79 Å². The number of nitrogens with zero attached hydrogens (tertiary/aromatic N) is 2. The molecular formula is C13H14N2OS. The van der Waals surface area contributed by atoms with Crippen LogP contribution in [0.2, 0.25) is 0 Å². The van der Waals surface area contributed by atoms with Crippen LogP contribution in [0, 0.1) is 6.92 Å². The molecule has 17 heavy (non-hydrogen) atoms. The molecule has 0 atom stereocenters. The van der Waals surface area contributed by atoms with Gasteiger partial charge in [0.15, 0.2) is 0 Å². The van der Waals surface area contributed by atoms with Gasteiger partial charge in [-0.05, 0) is 38.0 Å². The molecular weight excluding hydrogens is 232 g/mol. The van der Waals surface area contributed by atoms with Crippen molar-refractivity contribution < 1.29 is 4.79 Å². The maximum absolute atomic E-state index is 12.2. The topological polar surface area (TPSA) is 33.2 Å². The van der Waals surface area contributed by atoms with Crippen molar-refractivity contribution >= 4 is 27.5 Å². The summed E-state index contributed by atoms with van der Waals surface area (Å²) < 4.78 is 1.15. The third-order valence-corrected chi connectivity index (χ3v) is 4.09. The molecule has 0 N–H and O–H groups in total. The van der Waals surface area contributed by atoms with Gasteiger partial charge in [0.05, 0.1) is 15.2 Å². The van der Waals surface area contributed by atoms with Crippen LogP contribution < -0.4 is 0 Å². The van der Waals surface area contributed by atoms with E-state index in [-0.39, 0.29) is 5.91 Å². The first-order valence-corrected chi connectivity index (χ1v) is 6.72. The quantitative estimate of drug-likeness (QED) is 0.775. The molecule has 4 heteroatoms. The molecule has 1 amide bonds. The first kappa shape index (κ1) is 10.7. The monoisotopic (exact) mass is 246 g/mol. The lowest BCUT2D eigenvalue weighted by molar-refractivity contribution is 0.0793. The predicted octanol–water partition coefficient (Wildman–Crippen LogP) is 2.84. The third-order valence-electron chi connectivity index (χ3n) is 3.13. The van der Waals surface area contributed by atoms with Gasteiger partial charge in [-0.1, -0.05) is 0 Å². The van der Waals surface area contributed by atoms with Gasteiger partial charge in [-0.2, -0.15) is 0 Å². The lowest BCUT2D eigenvalue weighted by Crippen LogP contribution is -2.27. The first-order chi connectivity index (χ1) is 8.24. The minimum absolute atomic E-state index is 0.148. The Hall–Kier alpha value is -1.42. The lowest BCUT2D eigenvalue weighted by atomic mass is 10.2. The minimum Gasteiger partial charge on any atom is -0.339 e. The molecule has 1 aliphatic heterocycles. The average molecular weight is 246 g/mol. The fourth-order valence-electron chi connectivity index (χ4n) is 2.28. The van der Waals surface area contributed by atoms with E-state index in [4.69, 9.17) is 0 Å². The second-order valence-electron chi connectivity index (χ2n) is 4.41. The van der Waals surface area contributed by atoms with E-state index in [1.54, 1.807) is 11.3 Å². The molecule has 0 unspecified atom stereocenters. The van der Waals surface area contributed by atoms with Crippen LogP contribution in [0.1, 0.15) is 28.2 Å². The smallest absolute Gasteiger partial charge is 0.253 e. The Morgan fingerprint density at radius 2 is 2.12 bits per heavy atom. The molecule has 0 bridgehead atoms. The maximum atomic E-state index is 12.2. The summed E-state index contributed by atoms with van der Waals surface area (Å²) in [4.78, 5) is 18.6. The van der Waals surface area contributed by atoms with Crippen molar-refractivity contribution in [2.24, 2.45) is 0 Å².